The van der Waals surface area contributed by atoms with E-state index in [4.69, 9.17) is 4.74 Å². The molecule has 0 amide bonds. The van der Waals surface area contributed by atoms with Crippen LogP contribution in [-0.2, 0) is 0 Å². The maximum Gasteiger partial charge on any atom is 0.136 e. The molecule has 0 radical (unpaired) electrons. The van der Waals surface area contributed by atoms with Gasteiger partial charge in [-0.05, 0) is 12.1 Å². The first-order valence-corrected chi connectivity index (χ1v) is 5.51. The Labute approximate surface area is 91.1 Å². The van der Waals surface area contributed by atoms with E-state index in [1.807, 2.05) is 30.6 Å². The third kappa shape index (κ3) is 1.20. The molecule has 0 saturated carbocycles. The molecule has 0 aliphatic carbocycles. The van der Waals surface area contributed by atoms with Crippen LogP contribution in [0.15, 0.2) is 36.7 Å². The number of ether oxygens (including phenoxy) is 1. The third-order valence-electron chi connectivity index (χ3n) is 2.49. The lowest BCUT2D eigenvalue weighted by atomic mass is 10.2. The monoisotopic (exact) mass is 215 g/mol. The largest absolute Gasteiger partial charge is 0.495 e. The smallest absolute Gasteiger partial charge is 0.136 e. The standard InChI is InChI=1S/C12H9NOS/c1-14-10-4-2-3-9-8-5-6-13-7-11(8)15-12(9)10/h2-7H,1H3. The van der Waals surface area contributed by atoms with Crippen molar-refractivity contribution < 1.29 is 4.74 Å². The number of benzene rings is 1. The van der Waals surface area contributed by atoms with Gasteiger partial charge in [0.1, 0.15) is 5.75 Å². The van der Waals surface area contributed by atoms with Gasteiger partial charge >= 0.3 is 0 Å². The van der Waals surface area contributed by atoms with Gasteiger partial charge in [-0.25, -0.2) is 0 Å². The number of pyridine rings is 1. The highest BCUT2D eigenvalue weighted by molar-refractivity contribution is 7.26. The van der Waals surface area contributed by atoms with Gasteiger partial charge < -0.3 is 4.74 Å². The zero-order valence-corrected chi connectivity index (χ0v) is 9.04. The van der Waals surface area contributed by atoms with Crippen LogP contribution >= 0.6 is 11.3 Å². The van der Waals surface area contributed by atoms with Gasteiger partial charge in [-0.3, -0.25) is 4.98 Å². The average Bonchev–Trinajstić information content (AvgIpc) is 2.67. The van der Waals surface area contributed by atoms with Crippen LogP contribution in [0, 0.1) is 0 Å². The normalized spacial score (nSPS) is 11.0. The van der Waals surface area contributed by atoms with E-state index in [-0.39, 0.29) is 0 Å². The topological polar surface area (TPSA) is 22.1 Å². The first kappa shape index (κ1) is 8.68. The van der Waals surface area contributed by atoms with Crippen molar-refractivity contribution in [3.8, 4) is 5.75 Å². The summed E-state index contributed by atoms with van der Waals surface area (Å²) in [6, 6.07) is 8.18. The Morgan fingerprint density at radius 1 is 1.20 bits per heavy atom. The minimum atomic E-state index is 0.939. The Morgan fingerprint density at radius 3 is 3.00 bits per heavy atom. The average molecular weight is 215 g/mol. The van der Waals surface area contributed by atoms with Gasteiger partial charge in [-0.15, -0.1) is 11.3 Å². The van der Waals surface area contributed by atoms with E-state index >= 15 is 0 Å². The van der Waals surface area contributed by atoms with Crippen LogP contribution in [0.1, 0.15) is 0 Å². The van der Waals surface area contributed by atoms with Crippen LogP contribution < -0.4 is 4.74 Å². The third-order valence-corrected chi connectivity index (χ3v) is 3.66. The Bertz CT molecular complexity index is 630. The fourth-order valence-electron chi connectivity index (χ4n) is 1.79. The summed E-state index contributed by atoms with van der Waals surface area (Å²) in [5.74, 6) is 0.939. The summed E-state index contributed by atoms with van der Waals surface area (Å²) < 4.78 is 7.75. The summed E-state index contributed by atoms with van der Waals surface area (Å²) in [6.07, 6.45) is 3.73. The van der Waals surface area contributed by atoms with Crippen molar-refractivity contribution in [3.05, 3.63) is 36.7 Å². The van der Waals surface area contributed by atoms with Gasteiger partial charge in [0.05, 0.1) is 16.5 Å². The van der Waals surface area contributed by atoms with E-state index < -0.39 is 0 Å². The number of aromatic nitrogens is 1. The van der Waals surface area contributed by atoms with E-state index in [1.165, 1.54) is 20.2 Å². The molecule has 0 spiro atoms. The molecule has 0 saturated heterocycles. The second kappa shape index (κ2) is 3.21. The van der Waals surface area contributed by atoms with Gasteiger partial charge in [0.15, 0.2) is 0 Å². The number of hydrogen-bond acceptors (Lipinski definition) is 3. The van der Waals surface area contributed by atoms with Gasteiger partial charge in [-0.2, -0.15) is 0 Å². The number of hydrogen-bond donors (Lipinski definition) is 0. The highest BCUT2D eigenvalue weighted by Gasteiger charge is 2.07. The fourth-order valence-corrected chi connectivity index (χ4v) is 2.95. The summed E-state index contributed by atoms with van der Waals surface area (Å²) in [7, 11) is 1.71. The van der Waals surface area contributed by atoms with Crippen molar-refractivity contribution in [2.45, 2.75) is 0 Å². The van der Waals surface area contributed by atoms with E-state index in [2.05, 4.69) is 11.1 Å². The van der Waals surface area contributed by atoms with Crippen molar-refractivity contribution >= 4 is 31.5 Å². The van der Waals surface area contributed by atoms with Crippen molar-refractivity contribution in [2.75, 3.05) is 7.11 Å². The van der Waals surface area contributed by atoms with Crippen LogP contribution in [-0.4, -0.2) is 12.1 Å². The minimum absolute atomic E-state index is 0.939. The summed E-state index contributed by atoms with van der Waals surface area (Å²) in [5, 5.41) is 2.50. The number of methoxy groups -OCH3 is 1. The van der Waals surface area contributed by atoms with Crippen molar-refractivity contribution in [1.29, 1.82) is 0 Å². The molecular formula is C12H9NOS. The lowest BCUT2D eigenvalue weighted by Gasteiger charge is -1.99. The molecule has 74 valence electrons. The second-order valence-electron chi connectivity index (χ2n) is 3.31. The van der Waals surface area contributed by atoms with E-state index in [0.29, 0.717) is 0 Å². The Hall–Kier alpha value is -1.61. The SMILES string of the molecule is COc1cccc2c1sc1cnccc12. The Morgan fingerprint density at radius 2 is 2.13 bits per heavy atom. The van der Waals surface area contributed by atoms with Crippen LogP contribution in [0.3, 0.4) is 0 Å². The second-order valence-corrected chi connectivity index (χ2v) is 4.36. The molecule has 0 atom stereocenters. The van der Waals surface area contributed by atoms with Crippen LogP contribution in [0.25, 0.3) is 20.2 Å². The quantitative estimate of drug-likeness (QED) is 0.620. The van der Waals surface area contributed by atoms with Crippen molar-refractivity contribution in [2.24, 2.45) is 0 Å². The molecule has 0 aliphatic rings. The maximum absolute atomic E-state index is 5.35. The number of thiophene rings is 1. The molecule has 0 aliphatic heterocycles. The molecule has 0 fully saturated rings. The molecule has 3 heteroatoms. The molecule has 0 unspecified atom stereocenters. The molecule has 15 heavy (non-hydrogen) atoms. The van der Waals surface area contributed by atoms with E-state index in [0.717, 1.165) is 5.75 Å². The molecule has 0 N–H and O–H groups in total. The summed E-state index contributed by atoms with van der Waals surface area (Å²) in [6.45, 7) is 0. The van der Waals surface area contributed by atoms with Crippen LogP contribution in [0.2, 0.25) is 0 Å². The lowest BCUT2D eigenvalue weighted by Crippen LogP contribution is -1.80. The molecule has 0 bridgehead atoms. The zero-order chi connectivity index (χ0) is 10.3. The Kier molecular flexibility index (Phi) is 1.86. The highest BCUT2D eigenvalue weighted by atomic mass is 32.1. The number of nitrogens with zero attached hydrogens (tertiary/aromatic N) is 1. The molecule has 2 nitrogen and oxygen atoms in total. The molecular weight excluding hydrogens is 206 g/mol. The van der Waals surface area contributed by atoms with Crippen LogP contribution in [0.4, 0.5) is 0 Å². The summed E-state index contributed by atoms with van der Waals surface area (Å²) in [4.78, 5) is 4.13. The molecule has 2 heterocycles. The number of rotatable bonds is 1. The van der Waals surface area contributed by atoms with E-state index in [9.17, 15) is 0 Å². The summed E-state index contributed by atoms with van der Waals surface area (Å²) >= 11 is 1.73. The predicted octanol–water partition coefficient (Wildman–Crippen LogP) is 3.46. The number of fused-ring (bicyclic) bond motifs is 3. The highest BCUT2D eigenvalue weighted by Crippen LogP contribution is 2.38. The fraction of sp³-hybridized carbons (Fsp3) is 0.0833. The summed E-state index contributed by atoms with van der Waals surface area (Å²) in [5.41, 5.74) is 0. The first-order chi connectivity index (χ1) is 7.40. The van der Waals surface area contributed by atoms with Crippen molar-refractivity contribution in [3.63, 3.8) is 0 Å². The molecule has 3 aromatic rings. The van der Waals surface area contributed by atoms with Gasteiger partial charge in [0, 0.05) is 23.2 Å². The zero-order valence-electron chi connectivity index (χ0n) is 8.23. The van der Waals surface area contributed by atoms with Gasteiger partial charge in [0.25, 0.3) is 0 Å². The predicted molar refractivity (Wildman–Crippen MR) is 63.7 cm³/mol. The first-order valence-electron chi connectivity index (χ1n) is 4.69. The molecule has 3 rings (SSSR count). The van der Waals surface area contributed by atoms with Crippen molar-refractivity contribution in [1.82, 2.24) is 4.98 Å². The lowest BCUT2D eigenvalue weighted by molar-refractivity contribution is 0.420. The molecule has 2 aromatic heterocycles. The van der Waals surface area contributed by atoms with Gasteiger partial charge in [0.2, 0.25) is 0 Å². The molecule has 1 aromatic carbocycles. The van der Waals surface area contributed by atoms with Crippen LogP contribution in [0.5, 0.6) is 5.75 Å². The van der Waals surface area contributed by atoms with E-state index in [1.54, 1.807) is 18.4 Å². The Balaban J connectivity index is 2.53. The maximum atomic E-state index is 5.35. The van der Waals surface area contributed by atoms with Gasteiger partial charge in [-0.1, -0.05) is 12.1 Å². The minimum Gasteiger partial charge on any atom is -0.495 e.